The Kier molecular flexibility index (Phi) is 4.39. The second kappa shape index (κ2) is 6.44. The Morgan fingerprint density at radius 1 is 1.24 bits per heavy atom. The molecule has 0 spiro atoms. The summed E-state index contributed by atoms with van der Waals surface area (Å²) in [6, 6.07) is 13.3. The topological polar surface area (TPSA) is 28.2 Å². The Labute approximate surface area is 127 Å². The number of hydrogen-bond acceptors (Lipinski definition) is 3. The fourth-order valence-corrected chi connectivity index (χ4v) is 3.11. The van der Waals surface area contributed by atoms with Crippen molar-refractivity contribution in [3.05, 3.63) is 36.4 Å². The Balaban J connectivity index is 1.85. The van der Waals surface area contributed by atoms with E-state index in [9.17, 15) is 0 Å². The molecular formula is C18H25N3. The Morgan fingerprint density at radius 3 is 2.86 bits per heavy atom. The summed E-state index contributed by atoms with van der Waals surface area (Å²) in [5, 5.41) is 4.81. The van der Waals surface area contributed by atoms with E-state index in [0.29, 0.717) is 12.0 Å². The first-order valence-electron chi connectivity index (χ1n) is 8.06. The minimum absolute atomic E-state index is 0.608. The Morgan fingerprint density at radius 2 is 2.10 bits per heavy atom. The molecule has 0 amide bonds. The van der Waals surface area contributed by atoms with Crippen LogP contribution in [0.25, 0.3) is 10.9 Å². The predicted molar refractivity (Wildman–Crippen MR) is 89.8 cm³/mol. The van der Waals surface area contributed by atoms with Gasteiger partial charge in [-0.1, -0.05) is 32.0 Å². The summed E-state index contributed by atoms with van der Waals surface area (Å²) >= 11 is 0. The van der Waals surface area contributed by atoms with Crippen molar-refractivity contribution in [1.29, 1.82) is 0 Å². The van der Waals surface area contributed by atoms with Gasteiger partial charge in [-0.15, -0.1) is 0 Å². The van der Waals surface area contributed by atoms with Crippen LogP contribution in [0.2, 0.25) is 0 Å². The minimum atomic E-state index is 0.608. The van der Waals surface area contributed by atoms with Gasteiger partial charge in [0.15, 0.2) is 0 Å². The average molecular weight is 283 g/mol. The largest absolute Gasteiger partial charge is 0.355 e. The van der Waals surface area contributed by atoms with E-state index in [-0.39, 0.29) is 0 Å². The van der Waals surface area contributed by atoms with E-state index in [2.05, 4.69) is 60.5 Å². The molecule has 2 heterocycles. The quantitative estimate of drug-likeness (QED) is 0.911. The molecule has 1 aromatic carbocycles. The summed E-state index contributed by atoms with van der Waals surface area (Å²) in [5.41, 5.74) is 1.09. The fraction of sp³-hybridized carbons (Fsp3) is 0.500. The maximum Gasteiger partial charge on any atom is 0.129 e. The third kappa shape index (κ3) is 3.53. The number of fused-ring (bicyclic) bond motifs is 1. The zero-order valence-corrected chi connectivity index (χ0v) is 13.0. The lowest BCUT2D eigenvalue weighted by molar-refractivity contribution is 0.538. The second-order valence-corrected chi connectivity index (χ2v) is 6.45. The van der Waals surface area contributed by atoms with Gasteiger partial charge >= 0.3 is 0 Å². The zero-order valence-electron chi connectivity index (χ0n) is 13.0. The third-order valence-corrected chi connectivity index (χ3v) is 4.10. The third-order valence-electron chi connectivity index (χ3n) is 4.10. The minimum Gasteiger partial charge on any atom is -0.355 e. The molecule has 0 bridgehead atoms. The highest BCUT2D eigenvalue weighted by Crippen LogP contribution is 2.20. The molecule has 112 valence electrons. The smallest absolute Gasteiger partial charge is 0.129 e. The van der Waals surface area contributed by atoms with E-state index < -0.39 is 0 Å². The van der Waals surface area contributed by atoms with Crippen molar-refractivity contribution in [2.45, 2.75) is 32.7 Å². The molecule has 1 aromatic heterocycles. The molecule has 3 nitrogen and oxygen atoms in total. The number of aromatic nitrogens is 1. The van der Waals surface area contributed by atoms with Gasteiger partial charge in [-0.2, -0.15) is 0 Å². The van der Waals surface area contributed by atoms with Crippen LogP contribution in [0.4, 0.5) is 5.82 Å². The zero-order chi connectivity index (χ0) is 14.7. The number of rotatable bonds is 5. The number of nitrogens with one attached hydrogen (secondary N) is 1. The van der Waals surface area contributed by atoms with Crippen LogP contribution in [-0.2, 0) is 0 Å². The van der Waals surface area contributed by atoms with Crippen LogP contribution in [0.5, 0.6) is 0 Å². The number of nitrogens with zero attached hydrogens (tertiary/aromatic N) is 2. The molecular weight excluding hydrogens is 258 g/mol. The van der Waals surface area contributed by atoms with Crippen LogP contribution < -0.4 is 10.2 Å². The molecule has 0 radical (unpaired) electrons. The number of benzene rings is 1. The van der Waals surface area contributed by atoms with E-state index in [1.54, 1.807) is 0 Å². The van der Waals surface area contributed by atoms with Gasteiger partial charge < -0.3 is 10.2 Å². The van der Waals surface area contributed by atoms with Crippen molar-refractivity contribution < 1.29 is 0 Å². The Bertz CT molecular complexity index is 588. The van der Waals surface area contributed by atoms with E-state index in [4.69, 9.17) is 4.98 Å². The van der Waals surface area contributed by atoms with Gasteiger partial charge in [0.2, 0.25) is 0 Å². The maximum atomic E-state index is 4.87. The van der Waals surface area contributed by atoms with Crippen LogP contribution in [0.15, 0.2) is 36.4 Å². The van der Waals surface area contributed by atoms with Crippen LogP contribution in [0.1, 0.15) is 26.7 Å². The summed E-state index contributed by atoms with van der Waals surface area (Å²) < 4.78 is 0. The standard InChI is InChI=1S/C18H25N3/c1-14(2)12-21(13-16-7-5-11-19-16)18-10-9-15-6-3-4-8-17(15)20-18/h3-4,6,8-10,14,16,19H,5,7,11-13H2,1-2H3. The number of para-hydroxylation sites is 1. The van der Waals surface area contributed by atoms with Crippen molar-refractivity contribution in [3.63, 3.8) is 0 Å². The molecule has 0 saturated carbocycles. The monoisotopic (exact) mass is 283 g/mol. The first kappa shape index (κ1) is 14.3. The molecule has 1 aliphatic rings. The highest BCUT2D eigenvalue weighted by Gasteiger charge is 2.19. The van der Waals surface area contributed by atoms with Crippen molar-refractivity contribution in [2.75, 3.05) is 24.5 Å². The van der Waals surface area contributed by atoms with Crippen LogP contribution in [0, 0.1) is 5.92 Å². The van der Waals surface area contributed by atoms with E-state index in [1.807, 2.05) is 0 Å². The van der Waals surface area contributed by atoms with E-state index >= 15 is 0 Å². The van der Waals surface area contributed by atoms with Crippen molar-refractivity contribution in [1.82, 2.24) is 10.3 Å². The SMILES string of the molecule is CC(C)CN(CC1CCCN1)c1ccc2ccccc2n1. The van der Waals surface area contributed by atoms with Gasteiger partial charge in [-0.3, -0.25) is 0 Å². The molecule has 0 aliphatic carbocycles. The molecule has 3 heteroatoms. The fourth-order valence-electron chi connectivity index (χ4n) is 3.11. The first-order chi connectivity index (χ1) is 10.2. The lowest BCUT2D eigenvalue weighted by Gasteiger charge is -2.28. The summed E-state index contributed by atoms with van der Waals surface area (Å²) in [5.74, 6) is 1.75. The number of anilines is 1. The van der Waals surface area contributed by atoms with Gasteiger partial charge in [0.25, 0.3) is 0 Å². The average Bonchev–Trinajstić information content (AvgIpc) is 2.98. The van der Waals surface area contributed by atoms with Gasteiger partial charge in [0.05, 0.1) is 5.52 Å². The molecule has 1 fully saturated rings. The number of pyridine rings is 1. The highest BCUT2D eigenvalue weighted by molar-refractivity contribution is 5.80. The van der Waals surface area contributed by atoms with E-state index in [1.165, 1.54) is 18.2 Å². The maximum absolute atomic E-state index is 4.87. The highest BCUT2D eigenvalue weighted by atomic mass is 15.2. The van der Waals surface area contributed by atoms with Crippen LogP contribution in [0.3, 0.4) is 0 Å². The van der Waals surface area contributed by atoms with Crippen LogP contribution >= 0.6 is 0 Å². The van der Waals surface area contributed by atoms with Crippen molar-refractivity contribution >= 4 is 16.7 Å². The number of hydrogen-bond donors (Lipinski definition) is 1. The molecule has 2 aromatic rings. The lowest BCUT2D eigenvalue weighted by atomic mass is 10.1. The second-order valence-electron chi connectivity index (χ2n) is 6.45. The van der Waals surface area contributed by atoms with Gasteiger partial charge in [0.1, 0.15) is 5.82 Å². The normalized spacial score (nSPS) is 18.5. The summed E-state index contributed by atoms with van der Waals surface area (Å²) in [6.07, 6.45) is 2.58. The molecule has 1 saturated heterocycles. The molecule has 1 aliphatic heterocycles. The predicted octanol–water partition coefficient (Wildman–Crippen LogP) is 3.45. The summed E-state index contributed by atoms with van der Waals surface area (Å²) in [4.78, 5) is 7.31. The molecule has 21 heavy (non-hydrogen) atoms. The Hall–Kier alpha value is -1.61. The molecule has 1 unspecified atom stereocenters. The van der Waals surface area contributed by atoms with Crippen molar-refractivity contribution in [3.8, 4) is 0 Å². The van der Waals surface area contributed by atoms with E-state index in [0.717, 1.165) is 31.0 Å². The summed E-state index contributed by atoms with van der Waals surface area (Å²) in [6.45, 7) is 7.82. The molecule has 1 atom stereocenters. The van der Waals surface area contributed by atoms with Gasteiger partial charge in [0, 0.05) is 24.5 Å². The van der Waals surface area contributed by atoms with Crippen molar-refractivity contribution in [2.24, 2.45) is 5.92 Å². The molecule has 3 rings (SSSR count). The lowest BCUT2D eigenvalue weighted by Crippen LogP contribution is -2.39. The molecule has 1 N–H and O–H groups in total. The summed E-state index contributed by atoms with van der Waals surface area (Å²) in [7, 11) is 0. The van der Waals surface area contributed by atoms with Gasteiger partial charge in [-0.25, -0.2) is 4.98 Å². The first-order valence-corrected chi connectivity index (χ1v) is 8.06. The van der Waals surface area contributed by atoms with Crippen LogP contribution in [-0.4, -0.2) is 30.7 Å². The van der Waals surface area contributed by atoms with Gasteiger partial charge in [-0.05, 0) is 43.5 Å².